The van der Waals surface area contributed by atoms with E-state index in [1.54, 1.807) is 4.90 Å². The van der Waals surface area contributed by atoms with Crippen molar-refractivity contribution in [3.05, 3.63) is 59.7 Å². The minimum absolute atomic E-state index is 0.0532. The number of fused-ring (bicyclic) bond motifs is 3. The van der Waals surface area contributed by atoms with Gasteiger partial charge in [-0.1, -0.05) is 61.4 Å². The summed E-state index contributed by atoms with van der Waals surface area (Å²) in [5, 5.41) is 11.6. The Labute approximate surface area is 207 Å². The largest absolute Gasteiger partial charge is 0.481 e. The van der Waals surface area contributed by atoms with E-state index in [-0.39, 0.29) is 18.2 Å². The van der Waals surface area contributed by atoms with Crippen molar-refractivity contribution in [2.24, 2.45) is 0 Å². The summed E-state index contributed by atoms with van der Waals surface area (Å²) in [6.45, 7) is 3.85. The number of carbonyl (C=O) groups is 3. The molecule has 0 bridgehead atoms. The normalized spacial score (nSPS) is 12.0. The smallest absolute Gasteiger partial charge is 0.407 e. The summed E-state index contributed by atoms with van der Waals surface area (Å²) in [7, 11) is 0. The SMILES string of the molecule is CCN(CCCC(=O)O)C(=O)CCCCCCNC(=O)OCC1c2ccccc2-c2ccccc21. The molecule has 7 heteroatoms. The highest BCUT2D eigenvalue weighted by atomic mass is 16.5. The van der Waals surface area contributed by atoms with Crippen LogP contribution in [0.15, 0.2) is 48.5 Å². The molecule has 2 N–H and O–H groups in total. The van der Waals surface area contributed by atoms with Gasteiger partial charge in [0, 0.05) is 38.4 Å². The lowest BCUT2D eigenvalue weighted by atomic mass is 9.98. The molecule has 0 fully saturated rings. The van der Waals surface area contributed by atoms with E-state index in [1.807, 2.05) is 31.2 Å². The van der Waals surface area contributed by atoms with Gasteiger partial charge in [-0.25, -0.2) is 4.79 Å². The second-order valence-corrected chi connectivity index (χ2v) is 8.89. The average molecular weight is 481 g/mol. The topological polar surface area (TPSA) is 95.9 Å². The first-order valence-electron chi connectivity index (χ1n) is 12.6. The highest BCUT2D eigenvalue weighted by Gasteiger charge is 2.28. The second kappa shape index (κ2) is 13.5. The molecule has 1 aliphatic rings. The first-order valence-corrected chi connectivity index (χ1v) is 12.6. The molecule has 0 aliphatic heterocycles. The monoisotopic (exact) mass is 480 g/mol. The third kappa shape index (κ3) is 7.57. The van der Waals surface area contributed by atoms with E-state index in [4.69, 9.17) is 9.84 Å². The molecule has 7 nitrogen and oxygen atoms in total. The molecule has 0 saturated heterocycles. The van der Waals surface area contributed by atoms with Gasteiger partial charge in [0.05, 0.1) is 0 Å². The number of nitrogens with zero attached hydrogens (tertiary/aromatic N) is 1. The van der Waals surface area contributed by atoms with Crippen molar-refractivity contribution < 1.29 is 24.2 Å². The van der Waals surface area contributed by atoms with Crippen molar-refractivity contribution in [2.45, 2.75) is 57.8 Å². The maximum atomic E-state index is 12.3. The first kappa shape index (κ1) is 26.3. The molecule has 2 aromatic carbocycles. The summed E-state index contributed by atoms with van der Waals surface area (Å²) in [5.74, 6) is -0.702. The zero-order valence-corrected chi connectivity index (χ0v) is 20.5. The zero-order valence-electron chi connectivity index (χ0n) is 20.5. The van der Waals surface area contributed by atoms with Crippen LogP contribution in [0, 0.1) is 0 Å². The molecule has 0 saturated carbocycles. The Morgan fingerprint density at radius 1 is 0.886 bits per heavy atom. The number of amides is 2. The molecule has 0 unspecified atom stereocenters. The van der Waals surface area contributed by atoms with Gasteiger partial charge in [0.25, 0.3) is 0 Å². The van der Waals surface area contributed by atoms with E-state index in [2.05, 4.69) is 29.6 Å². The van der Waals surface area contributed by atoms with Gasteiger partial charge in [-0.15, -0.1) is 0 Å². The number of aliphatic carboxylic acids is 1. The standard InChI is InChI=1S/C28H36N2O5/c1-2-30(19-11-17-27(32)33)26(31)16-5-3-4-10-18-29-28(34)35-20-25-23-14-8-6-12-21(23)22-13-7-9-15-24(22)25/h6-9,12-15,25H,2-5,10-11,16-20H2,1H3,(H,29,34)(H,32,33). The molecule has 1 aliphatic carbocycles. The van der Waals surface area contributed by atoms with Crippen molar-refractivity contribution in [3.63, 3.8) is 0 Å². The highest BCUT2D eigenvalue weighted by Crippen LogP contribution is 2.44. The molecule has 2 amide bonds. The fourth-order valence-corrected chi connectivity index (χ4v) is 4.63. The number of unbranched alkanes of at least 4 members (excludes halogenated alkanes) is 3. The summed E-state index contributed by atoms with van der Waals surface area (Å²) in [5.41, 5.74) is 4.80. The van der Waals surface area contributed by atoms with E-state index in [0.29, 0.717) is 39.1 Å². The van der Waals surface area contributed by atoms with Crippen LogP contribution in [0.1, 0.15) is 68.9 Å². The first-order chi connectivity index (χ1) is 17.0. The van der Waals surface area contributed by atoms with Crippen LogP contribution in [0.25, 0.3) is 11.1 Å². The number of benzene rings is 2. The minimum Gasteiger partial charge on any atom is -0.481 e. The third-order valence-corrected chi connectivity index (χ3v) is 6.48. The molecule has 2 aromatic rings. The van der Waals surface area contributed by atoms with Gasteiger partial charge >= 0.3 is 12.1 Å². The Hall–Kier alpha value is -3.35. The molecule has 3 rings (SSSR count). The van der Waals surface area contributed by atoms with Crippen LogP contribution < -0.4 is 5.32 Å². The number of nitrogens with one attached hydrogen (secondary N) is 1. The van der Waals surface area contributed by atoms with Crippen LogP contribution in [-0.4, -0.2) is 54.2 Å². The van der Waals surface area contributed by atoms with E-state index in [0.717, 1.165) is 25.7 Å². The van der Waals surface area contributed by atoms with Gasteiger partial charge in [-0.3, -0.25) is 9.59 Å². The summed E-state index contributed by atoms with van der Waals surface area (Å²) in [4.78, 5) is 36.8. The maximum absolute atomic E-state index is 12.3. The Kier molecular flexibility index (Phi) is 10.1. The summed E-state index contributed by atoms with van der Waals surface area (Å²) in [6.07, 6.45) is 4.08. The number of hydrogen-bond donors (Lipinski definition) is 2. The van der Waals surface area contributed by atoms with Gasteiger partial charge in [0.15, 0.2) is 0 Å². The van der Waals surface area contributed by atoms with Crippen LogP contribution in [0.2, 0.25) is 0 Å². The second-order valence-electron chi connectivity index (χ2n) is 8.89. The summed E-state index contributed by atoms with van der Waals surface area (Å²) < 4.78 is 5.55. The molecular weight excluding hydrogens is 444 g/mol. The van der Waals surface area contributed by atoms with Crippen LogP contribution >= 0.6 is 0 Å². The fourth-order valence-electron chi connectivity index (χ4n) is 4.63. The number of carboxylic acid groups (broad SMARTS) is 1. The molecule has 35 heavy (non-hydrogen) atoms. The highest BCUT2D eigenvalue weighted by molar-refractivity contribution is 5.79. The van der Waals surface area contributed by atoms with Crippen molar-refractivity contribution >= 4 is 18.0 Å². The molecule has 0 heterocycles. The van der Waals surface area contributed by atoms with Crippen molar-refractivity contribution in [1.82, 2.24) is 10.2 Å². The number of carboxylic acids is 1. The lowest BCUT2D eigenvalue weighted by Gasteiger charge is -2.20. The fraction of sp³-hybridized carbons (Fsp3) is 0.464. The van der Waals surface area contributed by atoms with Gasteiger partial charge in [0.1, 0.15) is 6.61 Å². The van der Waals surface area contributed by atoms with Gasteiger partial charge in [-0.05, 0) is 48.4 Å². The number of hydrogen-bond acceptors (Lipinski definition) is 4. The quantitative estimate of drug-likeness (QED) is 0.363. The average Bonchev–Trinajstić information content (AvgIpc) is 3.18. The predicted octanol–water partition coefficient (Wildman–Crippen LogP) is 5.19. The number of alkyl carbamates (subject to hydrolysis) is 1. The van der Waals surface area contributed by atoms with E-state index < -0.39 is 12.1 Å². The lowest BCUT2D eigenvalue weighted by molar-refractivity contribution is -0.138. The Bertz CT molecular complexity index is 961. The predicted molar refractivity (Wildman–Crippen MR) is 135 cm³/mol. The van der Waals surface area contributed by atoms with Crippen LogP contribution in [0.4, 0.5) is 4.79 Å². The summed E-state index contributed by atoms with van der Waals surface area (Å²) >= 11 is 0. The van der Waals surface area contributed by atoms with Gasteiger partial charge in [0.2, 0.25) is 5.91 Å². The third-order valence-electron chi connectivity index (χ3n) is 6.48. The van der Waals surface area contributed by atoms with Crippen molar-refractivity contribution in [1.29, 1.82) is 0 Å². The van der Waals surface area contributed by atoms with Crippen LogP contribution in [0.3, 0.4) is 0 Å². The van der Waals surface area contributed by atoms with E-state index in [9.17, 15) is 14.4 Å². The number of rotatable bonds is 14. The Morgan fingerprint density at radius 3 is 2.14 bits per heavy atom. The van der Waals surface area contributed by atoms with Crippen molar-refractivity contribution in [3.8, 4) is 11.1 Å². The number of carbonyl (C=O) groups excluding carboxylic acids is 2. The molecule has 0 radical (unpaired) electrons. The molecular formula is C28H36N2O5. The Balaban J connectivity index is 1.29. The Morgan fingerprint density at radius 2 is 1.51 bits per heavy atom. The number of ether oxygens (including phenoxy) is 1. The summed E-state index contributed by atoms with van der Waals surface area (Å²) in [6, 6.07) is 16.5. The van der Waals surface area contributed by atoms with Gasteiger partial charge < -0.3 is 20.1 Å². The minimum atomic E-state index is -0.833. The molecule has 0 atom stereocenters. The molecule has 0 spiro atoms. The molecule has 188 valence electrons. The van der Waals surface area contributed by atoms with E-state index in [1.165, 1.54) is 22.3 Å². The van der Waals surface area contributed by atoms with Crippen LogP contribution in [0.5, 0.6) is 0 Å². The van der Waals surface area contributed by atoms with Crippen LogP contribution in [-0.2, 0) is 14.3 Å². The zero-order chi connectivity index (χ0) is 25.0. The van der Waals surface area contributed by atoms with Crippen molar-refractivity contribution in [2.75, 3.05) is 26.2 Å². The van der Waals surface area contributed by atoms with E-state index >= 15 is 0 Å². The lowest BCUT2D eigenvalue weighted by Crippen LogP contribution is -2.31. The molecule has 0 aromatic heterocycles. The maximum Gasteiger partial charge on any atom is 0.407 e. The van der Waals surface area contributed by atoms with Gasteiger partial charge in [-0.2, -0.15) is 0 Å².